The van der Waals surface area contributed by atoms with Gasteiger partial charge in [-0.3, -0.25) is 15.1 Å². The molecule has 1 aliphatic rings. The van der Waals surface area contributed by atoms with Gasteiger partial charge in [0.15, 0.2) is 0 Å². The van der Waals surface area contributed by atoms with E-state index in [1.54, 1.807) is 13.8 Å². The second-order valence-corrected chi connectivity index (χ2v) is 5.36. The van der Waals surface area contributed by atoms with Crippen LogP contribution >= 0.6 is 0 Å². The molecule has 1 saturated heterocycles. The van der Waals surface area contributed by atoms with Crippen molar-refractivity contribution in [2.45, 2.75) is 39.6 Å². The SMILES string of the molecule is Cc1cnc(COCC2CNCC(C)O2)c(C)c1[N+](=O)[O-]. The third-order valence-electron chi connectivity index (χ3n) is 3.53. The molecular formula is C14H21N3O4. The van der Waals surface area contributed by atoms with Crippen molar-refractivity contribution in [3.8, 4) is 0 Å². The zero-order chi connectivity index (χ0) is 15.4. The van der Waals surface area contributed by atoms with E-state index in [9.17, 15) is 10.1 Å². The molecule has 0 spiro atoms. The van der Waals surface area contributed by atoms with Gasteiger partial charge in [0.05, 0.1) is 41.6 Å². The molecular weight excluding hydrogens is 274 g/mol. The highest BCUT2D eigenvalue weighted by molar-refractivity contribution is 5.47. The Kier molecular flexibility index (Phi) is 5.22. The van der Waals surface area contributed by atoms with Gasteiger partial charge in [0.25, 0.3) is 5.69 Å². The molecule has 1 aromatic heterocycles. The van der Waals surface area contributed by atoms with E-state index in [2.05, 4.69) is 10.3 Å². The number of nitrogens with one attached hydrogen (secondary N) is 1. The van der Waals surface area contributed by atoms with Crippen LogP contribution in [0.2, 0.25) is 0 Å². The monoisotopic (exact) mass is 295 g/mol. The van der Waals surface area contributed by atoms with Gasteiger partial charge in [-0.1, -0.05) is 0 Å². The first-order valence-corrected chi connectivity index (χ1v) is 7.02. The predicted octanol–water partition coefficient (Wildman–Crippen LogP) is 1.50. The number of ether oxygens (including phenoxy) is 2. The molecule has 2 atom stereocenters. The summed E-state index contributed by atoms with van der Waals surface area (Å²) in [6, 6.07) is 0. The summed E-state index contributed by atoms with van der Waals surface area (Å²) in [5.74, 6) is 0. The fourth-order valence-corrected chi connectivity index (χ4v) is 2.45. The van der Waals surface area contributed by atoms with Crippen molar-refractivity contribution in [3.63, 3.8) is 0 Å². The summed E-state index contributed by atoms with van der Waals surface area (Å²) in [6.07, 6.45) is 1.70. The van der Waals surface area contributed by atoms with Crippen LogP contribution in [0.5, 0.6) is 0 Å². The minimum atomic E-state index is -0.369. The highest BCUT2D eigenvalue weighted by atomic mass is 16.6. The summed E-state index contributed by atoms with van der Waals surface area (Å²) < 4.78 is 11.3. The maximum absolute atomic E-state index is 11.1. The van der Waals surface area contributed by atoms with E-state index < -0.39 is 0 Å². The van der Waals surface area contributed by atoms with Gasteiger partial charge in [-0.05, 0) is 20.8 Å². The van der Waals surface area contributed by atoms with Gasteiger partial charge in [-0.25, -0.2) is 0 Å². The fraction of sp³-hybridized carbons (Fsp3) is 0.643. The van der Waals surface area contributed by atoms with Gasteiger partial charge in [0, 0.05) is 24.8 Å². The highest BCUT2D eigenvalue weighted by Crippen LogP contribution is 2.24. The van der Waals surface area contributed by atoms with Crippen LogP contribution in [0.15, 0.2) is 6.20 Å². The standard InChI is InChI=1S/C14H21N3O4/c1-9-4-16-13(11(3)14(9)17(18)19)8-20-7-12-6-15-5-10(2)21-12/h4,10,12,15H,5-8H2,1-3H3. The van der Waals surface area contributed by atoms with Crippen molar-refractivity contribution in [3.05, 3.63) is 33.1 Å². The minimum absolute atomic E-state index is 0.00879. The molecule has 2 rings (SSSR count). The Morgan fingerprint density at radius 2 is 2.29 bits per heavy atom. The lowest BCUT2D eigenvalue weighted by Gasteiger charge is -2.28. The predicted molar refractivity (Wildman–Crippen MR) is 77.2 cm³/mol. The quantitative estimate of drug-likeness (QED) is 0.654. The molecule has 1 aromatic rings. The van der Waals surface area contributed by atoms with E-state index in [1.807, 2.05) is 6.92 Å². The van der Waals surface area contributed by atoms with E-state index in [-0.39, 0.29) is 29.4 Å². The summed E-state index contributed by atoms with van der Waals surface area (Å²) >= 11 is 0. The molecule has 0 amide bonds. The number of pyridine rings is 1. The van der Waals surface area contributed by atoms with Crippen molar-refractivity contribution in [1.29, 1.82) is 0 Å². The Labute approximate surface area is 123 Å². The lowest BCUT2D eigenvalue weighted by atomic mass is 10.1. The van der Waals surface area contributed by atoms with Crippen LogP contribution in [0, 0.1) is 24.0 Å². The number of hydrogen-bond donors (Lipinski definition) is 1. The topological polar surface area (TPSA) is 86.5 Å². The number of nitrogens with zero attached hydrogens (tertiary/aromatic N) is 2. The zero-order valence-corrected chi connectivity index (χ0v) is 12.6. The summed E-state index contributed by atoms with van der Waals surface area (Å²) in [4.78, 5) is 14.9. The highest BCUT2D eigenvalue weighted by Gasteiger charge is 2.21. The van der Waals surface area contributed by atoms with Crippen molar-refractivity contribution >= 4 is 5.69 Å². The maximum atomic E-state index is 11.1. The van der Waals surface area contributed by atoms with Crippen LogP contribution < -0.4 is 5.32 Å². The second kappa shape index (κ2) is 6.93. The largest absolute Gasteiger partial charge is 0.372 e. The number of aryl methyl sites for hydroxylation is 1. The van der Waals surface area contributed by atoms with Crippen LogP contribution in [0.25, 0.3) is 0 Å². The molecule has 116 valence electrons. The van der Waals surface area contributed by atoms with Crippen LogP contribution in [0.3, 0.4) is 0 Å². The van der Waals surface area contributed by atoms with Crippen molar-refractivity contribution in [2.75, 3.05) is 19.7 Å². The van der Waals surface area contributed by atoms with Crippen LogP contribution in [-0.2, 0) is 16.1 Å². The van der Waals surface area contributed by atoms with E-state index >= 15 is 0 Å². The van der Waals surface area contributed by atoms with Crippen molar-refractivity contribution in [1.82, 2.24) is 10.3 Å². The molecule has 1 N–H and O–H groups in total. The molecule has 0 aliphatic carbocycles. The van der Waals surface area contributed by atoms with Gasteiger partial charge in [-0.15, -0.1) is 0 Å². The molecule has 21 heavy (non-hydrogen) atoms. The van der Waals surface area contributed by atoms with E-state index in [0.29, 0.717) is 23.4 Å². The lowest BCUT2D eigenvalue weighted by molar-refractivity contribution is -0.386. The van der Waals surface area contributed by atoms with Crippen LogP contribution in [-0.4, -0.2) is 41.8 Å². The van der Waals surface area contributed by atoms with Crippen molar-refractivity contribution in [2.24, 2.45) is 0 Å². The molecule has 7 nitrogen and oxygen atoms in total. The van der Waals surface area contributed by atoms with Gasteiger partial charge >= 0.3 is 0 Å². The smallest absolute Gasteiger partial charge is 0.278 e. The first-order chi connectivity index (χ1) is 9.99. The fourth-order valence-electron chi connectivity index (χ4n) is 2.45. The number of morpholine rings is 1. The maximum Gasteiger partial charge on any atom is 0.278 e. The van der Waals surface area contributed by atoms with Gasteiger partial charge < -0.3 is 14.8 Å². The second-order valence-electron chi connectivity index (χ2n) is 5.36. The number of aromatic nitrogens is 1. The first-order valence-electron chi connectivity index (χ1n) is 7.02. The molecule has 2 unspecified atom stereocenters. The molecule has 0 radical (unpaired) electrons. The summed E-state index contributed by atoms with van der Waals surface area (Å²) in [5, 5.41) is 14.3. The van der Waals surface area contributed by atoms with Gasteiger partial charge in [0.1, 0.15) is 0 Å². The Balaban J connectivity index is 1.94. The molecule has 0 saturated carbocycles. The number of hydrogen-bond acceptors (Lipinski definition) is 6. The Hall–Kier alpha value is -1.57. The third kappa shape index (κ3) is 3.96. The summed E-state index contributed by atoms with van der Waals surface area (Å²) in [7, 11) is 0. The van der Waals surface area contributed by atoms with Gasteiger partial charge in [0.2, 0.25) is 0 Å². The average molecular weight is 295 g/mol. The Bertz CT molecular complexity index is 521. The third-order valence-corrected chi connectivity index (χ3v) is 3.53. The molecule has 0 aromatic carbocycles. The molecule has 1 fully saturated rings. The van der Waals surface area contributed by atoms with Crippen LogP contribution in [0.4, 0.5) is 5.69 Å². The number of nitro groups is 1. The minimum Gasteiger partial charge on any atom is -0.372 e. The number of rotatable bonds is 5. The van der Waals surface area contributed by atoms with Crippen molar-refractivity contribution < 1.29 is 14.4 Å². The molecule has 0 bridgehead atoms. The average Bonchev–Trinajstić information content (AvgIpc) is 2.41. The van der Waals surface area contributed by atoms with E-state index in [0.717, 1.165) is 13.1 Å². The van der Waals surface area contributed by atoms with Crippen LogP contribution in [0.1, 0.15) is 23.7 Å². The Morgan fingerprint density at radius 1 is 1.52 bits per heavy atom. The molecule has 7 heteroatoms. The first kappa shape index (κ1) is 15.8. The zero-order valence-electron chi connectivity index (χ0n) is 12.6. The summed E-state index contributed by atoms with van der Waals surface area (Å²) in [6.45, 7) is 7.70. The lowest BCUT2D eigenvalue weighted by Crippen LogP contribution is -2.45. The molecule has 1 aliphatic heterocycles. The van der Waals surface area contributed by atoms with E-state index in [4.69, 9.17) is 9.47 Å². The Morgan fingerprint density at radius 3 is 2.95 bits per heavy atom. The summed E-state index contributed by atoms with van der Waals surface area (Å²) in [5.41, 5.74) is 1.85. The normalized spacial score (nSPS) is 22.2. The van der Waals surface area contributed by atoms with Gasteiger partial charge in [-0.2, -0.15) is 0 Å². The van der Waals surface area contributed by atoms with E-state index in [1.165, 1.54) is 6.20 Å². The molecule has 2 heterocycles.